The van der Waals surface area contributed by atoms with Crippen molar-refractivity contribution < 1.29 is 38.1 Å². The van der Waals surface area contributed by atoms with E-state index >= 15 is 0 Å². The molecule has 6 aromatic rings. The van der Waals surface area contributed by atoms with Gasteiger partial charge in [0.1, 0.15) is 13.2 Å². The number of nitrogens with zero attached hydrogens (tertiary/aromatic N) is 9. The Bertz CT molecular complexity index is 3160. The van der Waals surface area contributed by atoms with Crippen LogP contribution in [-0.2, 0) is 38.7 Å². The second-order valence-electron chi connectivity index (χ2n) is 19.3. The molecule has 19 heteroatoms. The highest BCUT2D eigenvalue weighted by atomic mass is 16.5. The molecule has 2 amide bonds. The van der Waals surface area contributed by atoms with Crippen molar-refractivity contribution in [1.29, 1.82) is 0 Å². The third-order valence-corrected chi connectivity index (χ3v) is 13.6. The molecular weight excluding hydrogens is 935 g/mol. The molecule has 19 nitrogen and oxygen atoms in total. The first kappa shape index (κ1) is 50.3. The fourth-order valence-electron chi connectivity index (χ4n) is 9.05. The number of aromatic nitrogens is 4. The first-order valence-electron chi connectivity index (χ1n) is 24.7. The molecule has 0 unspecified atom stereocenters. The highest BCUT2D eigenvalue weighted by Crippen LogP contribution is 2.36. The molecule has 382 valence electrons. The van der Waals surface area contributed by atoms with E-state index in [-0.39, 0.29) is 72.3 Å². The van der Waals surface area contributed by atoms with Gasteiger partial charge in [0, 0.05) is 52.2 Å². The van der Waals surface area contributed by atoms with Crippen LogP contribution in [-0.4, -0.2) is 133 Å². The van der Waals surface area contributed by atoms with Crippen molar-refractivity contribution in [3.8, 4) is 11.5 Å². The van der Waals surface area contributed by atoms with Gasteiger partial charge in [-0.2, -0.15) is 0 Å². The fraction of sp³-hybridized carbons (Fsp3) is 0.407. The number of fused-ring (bicyclic) bond motifs is 2. The summed E-state index contributed by atoms with van der Waals surface area (Å²) in [5.41, 5.74) is 3.40. The lowest BCUT2D eigenvalue weighted by molar-refractivity contribution is -0.121. The van der Waals surface area contributed by atoms with E-state index < -0.39 is 23.1 Å². The number of anilines is 3. The van der Waals surface area contributed by atoms with Gasteiger partial charge in [-0.05, 0) is 80.4 Å². The number of hydrogen-bond acceptors (Lipinski definition) is 15. The number of methoxy groups -OCH3 is 2. The van der Waals surface area contributed by atoms with Gasteiger partial charge < -0.3 is 33.6 Å². The zero-order valence-corrected chi connectivity index (χ0v) is 42.0. The number of likely N-dealkylation sites (N-methyl/N-ethyl adjacent to an activating group) is 2. The second-order valence-corrected chi connectivity index (χ2v) is 19.3. The van der Waals surface area contributed by atoms with Gasteiger partial charge in [0.25, 0.3) is 0 Å². The van der Waals surface area contributed by atoms with Crippen molar-refractivity contribution in [2.75, 3.05) is 95.9 Å². The highest BCUT2D eigenvalue weighted by molar-refractivity contribution is 6.01. The molecule has 0 bridgehead atoms. The van der Waals surface area contributed by atoms with Gasteiger partial charge in [-0.1, -0.05) is 73.5 Å². The average molecular weight is 996 g/mol. The standard InChI is InChI=1S/C27H31N5O5.C27H30N4O5/c1-29-11-12-31(22(33)16-29)21-13-20(30(2)14-18-9-10-18)15-32-25(21)28-23(27(35)36-3)24(26(32)34)37-17-19-7-5-4-6-8-19;1-29-12-13-30(22(32)16-29)21-14-20(11-10-18-8-9-18)15-31-25(21)28-23(27(34)35-2)24(26(31)33)36-17-19-6-4-3-5-7-19/h4-8,13,15,18H,9-12,14,16-17H2,1-3H3;3-7,14-15,18H,8-13,16-17H2,1-2H3. The van der Waals surface area contributed by atoms with Crippen molar-refractivity contribution in [1.82, 2.24) is 28.6 Å². The Kier molecular flexibility index (Phi) is 15.2. The van der Waals surface area contributed by atoms with E-state index in [9.17, 15) is 28.8 Å². The summed E-state index contributed by atoms with van der Waals surface area (Å²) in [5, 5.41) is 0. The maximum atomic E-state index is 13.8. The smallest absolute Gasteiger partial charge is 0.360 e. The highest BCUT2D eigenvalue weighted by Gasteiger charge is 2.32. The third-order valence-electron chi connectivity index (χ3n) is 13.6. The molecule has 4 fully saturated rings. The minimum absolute atomic E-state index is 0.0803. The minimum atomic E-state index is -0.784. The maximum Gasteiger partial charge on any atom is 0.360 e. The molecule has 2 aromatic carbocycles. The number of rotatable bonds is 16. The lowest BCUT2D eigenvalue weighted by atomic mass is 10.1. The molecule has 4 aromatic heterocycles. The Morgan fingerprint density at radius 3 is 1.53 bits per heavy atom. The predicted molar refractivity (Wildman–Crippen MR) is 274 cm³/mol. The summed E-state index contributed by atoms with van der Waals surface area (Å²) in [6.45, 7) is 3.82. The van der Waals surface area contributed by atoms with E-state index in [2.05, 4.69) is 14.9 Å². The van der Waals surface area contributed by atoms with Crippen molar-refractivity contribution in [3.63, 3.8) is 0 Å². The molecule has 0 N–H and O–H groups in total. The summed E-state index contributed by atoms with van der Waals surface area (Å²) in [7, 11) is 8.23. The Morgan fingerprint density at radius 1 is 0.616 bits per heavy atom. The van der Waals surface area contributed by atoms with Gasteiger partial charge in [-0.15, -0.1) is 0 Å². The van der Waals surface area contributed by atoms with E-state index in [1.54, 1.807) is 22.2 Å². The molecule has 0 radical (unpaired) electrons. The van der Waals surface area contributed by atoms with Crippen LogP contribution in [0.15, 0.2) is 94.8 Å². The zero-order valence-electron chi connectivity index (χ0n) is 42.0. The lowest BCUT2D eigenvalue weighted by Crippen LogP contribution is -2.49. The largest absolute Gasteiger partial charge is 0.481 e. The lowest BCUT2D eigenvalue weighted by Gasteiger charge is -2.33. The van der Waals surface area contributed by atoms with Crippen LogP contribution in [0.1, 0.15) is 69.8 Å². The van der Waals surface area contributed by atoms with Gasteiger partial charge in [0.2, 0.25) is 23.3 Å². The number of carbonyl (C=O) groups excluding carboxylic acids is 4. The quantitative estimate of drug-likeness (QED) is 0.119. The molecule has 2 saturated carbocycles. The van der Waals surface area contributed by atoms with Crippen LogP contribution in [0, 0.1) is 11.8 Å². The Hall–Kier alpha value is -7.64. The van der Waals surface area contributed by atoms with E-state index in [1.165, 1.54) is 48.7 Å². The van der Waals surface area contributed by atoms with E-state index in [4.69, 9.17) is 18.9 Å². The number of ether oxygens (including phenoxy) is 4. The molecule has 4 aliphatic rings. The minimum Gasteiger partial charge on any atom is -0.481 e. The van der Waals surface area contributed by atoms with Crippen LogP contribution in [0.5, 0.6) is 11.5 Å². The van der Waals surface area contributed by atoms with Crippen LogP contribution in [0.4, 0.5) is 17.1 Å². The van der Waals surface area contributed by atoms with Crippen LogP contribution >= 0.6 is 0 Å². The SMILES string of the molecule is COC(=O)c1nc2c(N3CCN(C)CC3=O)cc(CCC3CC3)cn2c(=O)c1OCc1ccccc1.COC(=O)c1nc2c(N3CCN(C)CC3=O)cc(N(C)CC3CC3)cn2c(=O)c1OCc1ccccc1. The molecule has 73 heavy (non-hydrogen) atoms. The Morgan fingerprint density at radius 2 is 1.08 bits per heavy atom. The van der Waals surface area contributed by atoms with Crippen LogP contribution in [0.25, 0.3) is 11.3 Å². The zero-order chi connectivity index (χ0) is 51.3. The van der Waals surface area contributed by atoms with Crippen LogP contribution in [0.2, 0.25) is 0 Å². The predicted octanol–water partition coefficient (Wildman–Crippen LogP) is 4.87. The molecule has 0 spiro atoms. The molecule has 2 saturated heterocycles. The summed E-state index contributed by atoms with van der Waals surface area (Å²) >= 11 is 0. The molecule has 2 aliphatic heterocycles. The van der Waals surface area contributed by atoms with Gasteiger partial charge >= 0.3 is 23.1 Å². The molecule has 6 heterocycles. The third kappa shape index (κ3) is 11.5. The molecule has 10 rings (SSSR count). The second kappa shape index (κ2) is 22.0. The first-order chi connectivity index (χ1) is 35.3. The van der Waals surface area contributed by atoms with E-state index in [1.807, 2.05) is 104 Å². The van der Waals surface area contributed by atoms with Gasteiger partial charge in [-0.25, -0.2) is 19.6 Å². The number of esters is 2. The molecule has 2 aliphatic carbocycles. The van der Waals surface area contributed by atoms with Gasteiger partial charge in [0.05, 0.1) is 44.4 Å². The number of piperazine rings is 2. The molecule has 0 atom stereocenters. The molecular formula is C54H61N9O10. The van der Waals surface area contributed by atoms with Crippen LogP contribution < -0.4 is 35.3 Å². The summed E-state index contributed by atoms with van der Waals surface area (Å²) in [6, 6.07) is 22.5. The summed E-state index contributed by atoms with van der Waals surface area (Å²) < 4.78 is 24.4. The fourth-order valence-corrected chi connectivity index (χ4v) is 9.05. The number of pyridine rings is 2. The van der Waals surface area contributed by atoms with Gasteiger partial charge in [0.15, 0.2) is 22.7 Å². The van der Waals surface area contributed by atoms with E-state index in [0.717, 1.165) is 47.7 Å². The topological polar surface area (TPSA) is 190 Å². The summed E-state index contributed by atoms with van der Waals surface area (Å²) in [4.78, 5) is 97.4. The van der Waals surface area contributed by atoms with E-state index in [0.29, 0.717) is 43.5 Å². The van der Waals surface area contributed by atoms with Crippen molar-refractivity contribution in [2.45, 2.75) is 51.7 Å². The normalized spacial score (nSPS) is 16.3. The maximum absolute atomic E-state index is 13.8. The van der Waals surface area contributed by atoms with Crippen molar-refractivity contribution in [3.05, 3.63) is 134 Å². The number of hydrogen-bond donors (Lipinski definition) is 0. The Balaban J connectivity index is 0.000000180. The number of benzene rings is 2. The summed E-state index contributed by atoms with van der Waals surface area (Å²) in [5.74, 6) is -0.755. The number of aryl methyl sites for hydroxylation is 1. The van der Waals surface area contributed by atoms with Crippen LogP contribution in [0.3, 0.4) is 0 Å². The Labute approximate surface area is 422 Å². The van der Waals surface area contributed by atoms with Crippen molar-refractivity contribution in [2.24, 2.45) is 11.8 Å². The first-order valence-corrected chi connectivity index (χ1v) is 24.7. The summed E-state index contributed by atoms with van der Waals surface area (Å²) in [6.07, 6.45) is 10.1. The monoisotopic (exact) mass is 995 g/mol. The number of carbonyl (C=O) groups is 4. The average Bonchev–Trinajstić information content (AvgIpc) is 4.35. The number of amides is 2. The van der Waals surface area contributed by atoms with Crippen molar-refractivity contribution >= 4 is 52.1 Å². The van der Waals surface area contributed by atoms with Gasteiger partial charge in [-0.3, -0.25) is 37.8 Å².